The van der Waals surface area contributed by atoms with Crippen LogP contribution in [0.5, 0.6) is 0 Å². The number of nitrogens with zero attached hydrogens (tertiary/aromatic N) is 2. The summed E-state index contributed by atoms with van der Waals surface area (Å²) in [5.74, 6) is -0.406. The standard InChI is InChI=1S/C22H18N4O3S2/c23-31(28,29)19-9-4-6-17(14-19)24-21(27)12-11-16-15-26(18-7-2-1-3-8-18)25-22(16)20-10-5-13-30-20/h1-15H,(H,24,27)(H2,23,28,29). The van der Waals surface area contributed by atoms with Crippen LogP contribution in [0.2, 0.25) is 0 Å². The molecule has 0 aliphatic rings. The molecule has 4 rings (SSSR count). The van der Waals surface area contributed by atoms with Crippen molar-refractivity contribution in [1.29, 1.82) is 0 Å². The lowest BCUT2D eigenvalue weighted by molar-refractivity contribution is -0.111. The molecular weight excluding hydrogens is 432 g/mol. The highest BCUT2D eigenvalue weighted by molar-refractivity contribution is 7.89. The third-order valence-corrected chi connectivity index (χ3v) is 6.15. The molecule has 2 aromatic carbocycles. The maximum Gasteiger partial charge on any atom is 0.248 e. The van der Waals surface area contributed by atoms with Gasteiger partial charge in [0.1, 0.15) is 5.69 Å². The fraction of sp³-hybridized carbons (Fsp3) is 0. The molecule has 7 nitrogen and oxygen atoms in total. The van der Waals surface area contributed by atoms with E-state index >= 15 is 0 Å². The van der Waals surface area contributed by atoms with E-state index < -0.39 is 15.9 Å². The lowest BCUT2D eigenvalue weighted by Crippen LogP contribution is -2.13. The van der Waals surface area contributed by atoms with Crippen LogP contribution in [0, 0.1) is 0 Å². The number of nitrogens with two attached hydrogens (primary N) is 1. The lowest BCUT2D eigenvalue weighted by Gasteiger charge is -2.04. The van der Waals surface area contributed by atoms with Gasteiger partial charge in [-0.3, -0.25) is 4.79 Å². The number of amides is 1. The first-order valence-corrected chi connectivity index (χ1v) is 11.6. The first-order chi connectivity index (χ1) is 14.9. The number of rotatable bonds is 6. The molecule has 0 atom stereocenters. The molecule has 31 heavy (non-hydrogen) atoms. The van der Waals surface area contributed by atoms with E-state index in [1.54, 1.807) is 28.2 Å². The first-order valence-electron chi connectivity index (χ1n) is 9.21. The zero-order valence-corrected chi connectivity index (χ0v) is 17.8. The molecule has 1 amide bonds. The van der Waals surface area contributed by atoms with Crippen LogP contribution >= 0.6 is 11.3 Å². The van der Waals surface area contributed by atoms with Crippen LogP contribution in [0.15, 0.2) is 89.3 Å². The maximum absolute atomic E-state index is 12.4. The lowest BCUT2D eigenvalue weighted by atomic mass is 10.2. The Bertz CT molecular complexity index is 1340. The second-order valence-corrected chi connectivity index (χ2v) is 9.10. The number of hydrogen-bond acceptors (Lipinski definition) is 5. The van der Waals surface area contributed by atoms with Crippen LogP contribution in [0.3, 0.4) is 0 Å². The van der Waals surface area contributed by atoms with Gasteiger partial charge in [0.2, 0.25) is 15.9 Å². The van der Waals surface area contributed by atoms with Gasteiger partial charge in [-0.25, -0.2) is 18.2 Å². The molecule has 0 bridgehead atoms. The Morgan fingerprint density at radius 2 is 1.87 bits per heavy atom. The van der Waals surface area contributed by atoms with Gasteiger partial charge in [-0.15, -0.1) is 11.3 Å². The van der Waals surface area contributed by atoms with Crippen LogP contribution in [0.1, 0.15) is 5.56 Å². The van der Waals surface area contributed by atoms with E-state index in [1.165, 1.54) is 24.3 Å². The number of para-hydroxylation sites is 1. The van der Waals surface area contributed by atoms with Crippen molar-refractivity contribution < 1.29 is 13.2 Å². The Labute approximate surface area is 183 Å². The van der Waals surface area contributed by atoms with Crippen molar-refractivity contribution in [3.8, 4) is 16.3 Å². The minimum Gasteiger partial charge on any atom is -0.322 e. The summed E-state index contributed by atoms with van der Waals surface area (Å²) < 4.78 is 24.8. The molecule has 9 heteroatoms. The highest BCUT2D eigenvalue weighted by atomic mass is 32.2. The minimum absolute atomic E-state index is 0.0709. The Morgan fingerprint density at radius 3 is 2.58 bits per heavy atom. The van der Waals surface area contributed by atoms with Crippen LogP contribution in [0.4, 0.5) is 5.69 Å². The van der Waals surface area contributed by atoms with Crippen molar-refractivity contribution in [2.24, 2.45) is 5.14 Å². The van der Waals surface area contributed by atoms with E-state index in [0.717, 1.165) is 21.8 Å². The average molecular weight is 451 g/mol. The molecule has 0 spiro atoms. The van der Waals surface area contributed by atoms with Crippen LogP contribution < -0.4 is 10.5 Å². The van der Waals surface area contributed by atoms with Crippen molar-refractivity contribution in [3.63, 3.8) is 0 Å². The molecular formula is C22H18N4O3S2. The number of carbonyl (C=O) groups is 1. The topological polar surface area (TPSA) is 107 Å². The van der Waals surface area contributed by atoms with Gasteiger partial charge in [0.15, 0.2) is 0 Å². The van der Waals surface area contributed by atoms with Gasteiger partial charge in [0.05, 0.1) is 15.5 Å². The quantitative estimate of drug-likeness (QED) is 0.434. The number of primary sulfonamides is 1. The molecule has 0 aliphatic heterocycles. The SMILES string of the molecule is NS(=O)(=O)c1cccc(NC(=O)C=Cc2cn(-c3ccccc3)nc2-c2cccs2)c1. The summed E-state index contributed by atoms with van der Waals surface area (Å²) in [6.45, 7) is 0. The molecule has 0 aliphatic carbocycles. The normalized spacial score (nSPS) is 11.6. The molecule has 0 saturated heterocycles. The van der Waals surface area contributed by atoms with Gasteiger partial charge < -0.3 is 5.32 Å². The number of benzene rings is 2. The van der Waals surface area contributed by atoms with Gasteiger partial charge in [-0.1, -0.05) is 30.3 Å². The number of anilines is 1. The summed E-state index contributed by atoms with van der Waals surface area (Å²) in [6.07, 6.45) is 4.92. The fourth-order valence-corrected chi connectivity index (χ4v) is 4.22. The Morgan fingerprint density at radius 1 is 1.06 bits per heavy atom. The second-order valence-electron chi connectivity index (χ2n) is 6.59. The smallest absolute Gasteiger partial charge is 0.248 e. The third-order valence-electron chi connectivity index (χ3n) is 4.36. The third kappa shape index (κ3) is 4.97. The Kier molecular flexibility index (Phi) is 5.81. The van der Waals surface area contributed by atoms with Crippen molar-refractivity contribution in [2.45, 2.75) is 4.90 Å². The van der Waals surface area contributed by atoms with Gasteiger partial charge in [-0.2, -0.15) is 5.10 Å². The monoisotopic (exact) mass is 450 g/mol. The highest BCUT2D eigenvalue weighted by Gasteiger charge is 2.12. The van der Waals surface area contributed by atoms with E-state index in [2.05, 4.69) is 10.4 Å². The fourth-order valence-electron chi connectivity index (χ4n) is 2.93. The van der Waals surface area contributed by atoms with Gasteiger partial charge in [-0.05, 0) is 47.9 Å². The van der Waals surface area contributed by atoms with E-state index in [0.29, 0.717) is 5.69 Å². The van der Waals surface area contributed by atoms with E-state index in [-0.39, 0.29) is 4.90 Å². The van der Waals surface area contributed by atoms with Gasteiger partial charge >= 0.3 is 0 Å². The summed E-state index contributed by atoms with van der Waals surface area (Å²) >= 11 is 1.56. The van der Waals surface area contributed by atoms with Gasteiger partial charge in [0.25, 0.3) is 0 Å². The summed E-state index contributed by atoms with van der Waals surface area (Å²) in [5.41, 5.74) is 2.78. The summed E-state index contributed by atoms with van der Waals surface area (Å²) in [4.78, 5) is 13.3. The number of sulfonamides is 1. The zero-order chi connectivity index (χ0) is 21.8. The summed E-state index contributed by atoms with van der Waals surface area (Å²) in [7, 11) is -3.85. The molecule has 3 N–H and O–H groups in total. The number of hydrogen-bond donors (Lipinski definition) is 2. The van der Waals surface area contributed by atoms with Gasteiger partial charge in [0, 0.05) is 23.5 Å². The van der Waals surface area contributed by atoms with Crippen molar-refractivity contribution in [3.05, 3.63) is 89.9 Å². The molecule has 0 unspecified atom stereocenters. The molecule has 156 valence electrons. The molecule has 4 aromatic rings. The first kappa shape index (κ1) is 20.7. The molecule has 0 radical (unpaired) electrons. The molecule has 0 saturated carbocycles. The van der Waals surface area contributed by atoms with Crippen LogP contribution in [-0.2, 0) is 14.8 Å². The number of carbonyl (C=O) groups excluding carboxylic acids is 1. The van der Waals surface area contributed by atoms with Crippen LogP contribution in [0.25, 0.3) is 22.3 Å². The van der Waals surface area contributed by atoms with Crippen molar-refractivity contribution in [2.75, 3.05) is 5.32 Å². The molecule has 2 heterocycles. The number of aromatic nitrogens is 2. The predicted molar refractivity (Wildman–Crippen MR) is 122 cm³/mol. The zero-order valence-electron chi connectivity index (χ0n) is 16.2. The second kappa shape index (κ2) is 8.68. The Balaban J connectivity index is 1.60. The minimum atomic E-state index is -3.85. The van der Waals surface area contributed by atoms with E-state index in [1.807, 2.05) is 54.0 Å². The average Bonchev–Trinajstić information content (AvgIpc) is 3.42. The number of nitrogens with one attached hydrogen (secondary N) is 1. The molecule has 2 aromatic heterocycles. The van der Waals surface area contributed by atoms with E-state index in [9.17, 15) is 13.2 Å². The van der Waals surface area contributed by atoms with Crippen molar-refractivity contribution in [1.82, 2.24) is 9.78 Å². The van der Waals surface area contributed by atoms with E-state index in [4.69, 9.17) is 5.14 Å². The molecule has 0 fully saturated rings. The van der Waals surface area contributed by atoms with Crippen molar-refractivity contribution >= 4 is 39.0 Å². The summed E-state index contributed by atoms with van der Waals surface area (Å²) in [6, 6.07) is 19.4. The number of thiophene rings is 1. The summed E-state index contributed by atoms with van der Waals surface area (Å²) in [5, 5.41) is 14.4. The predicted octanol–water partition coefficient (Wildman–Crippen LogP) is 3.90. The maximum atomic E-state index is 12.4. The van der Waals surface area contributed by atoms with Crippen LogP contribution in [-0.4, -0.2) is 24.1 Å². The largest absolute Gasteiger partial charge is 0.322 e. The highest BCUT2D eigenvalue weighted by Crippen LogP contribution is 2.28. The Hall–Kier alpha value is -3.53.